The fourth-order valence-corrected chi connectivity index (χ4v) is 4.19. The summed E-state index contributed by atoms with van der Waals surface area (Å²) in [5.41, 5.74) is 1.45. The van der Waals surface area contributed by atoms with Crippen molar-refractivity contribution in [1.82, 2.24) is 29.7 Å². The highest BCUT2D eigenvalue weighted by molar-refractivity contribution is 7.90. The largest absolute Gasteiger partial charge is 0.441 e. The average molecular weight is 495 g/mol. The number of ether oxygens (including phenoxy) is 1. The van der Waals surface area contributed by atoms with Gasteiger partial charge in [0.15, 0.2) is 11.5 Å². The first-order valence-corrected chi connectivity index (χ1v) is 11.7. The minimum atomic E-state index is -3.73. The number of nitrogens with zero attached hydrogens (tertiary/aromatic N) is 5. The third-order valence-electron chi connectivity index (χ3n) is 4.21. The molecule has 3 heterocycles. The fraction of sp³-hybridized carbons (Fsp3) is 0.316. The van der Waals surface area contributed by atoms with Gasteiger partial charge in [-0.25, -0.2) is 14.5 Å². The van der Waals surface area contributed by atoms with E-state index < -0.39 is 22.4 Å². The zero-order valence-electron chi connectivity index (χ0n) is 18.3. The molecule has 1 atom stereocenters. The van der Waals surface area contributed by atoms with Crippen molar-refractivity contribution in [2.75, 3.05) is 10.0 Å². The first-order valence-electron chi connectivity index (χ1n) is 9.80. The van der Waals surface area contributed by atoms with E-state index in [1.54, 1.807) is 46.0 Å². The molecular weight excluding hydrogens is 472 g/mol. The number of pyridine rings is 2. The molecular formula is C19H23ClN8O4S. The number of carbonyl (C=O) groups excluding carboxylic acids is 1. The van der Waals surface area contributed by atoms with Gasteiger partial charge in [0.05, 0.1) is 17.6 Å². The first kappa shape index (κ1) is 24.4. The Balaban J connectivity index is 1.73. The minimum Gasteiger partial charge on any atom is -0.441 e. The number of hydrogen-bond acceptors (Lipinski definition) is 8. The molecule has 0 aromatic carbocycles. The smallest absolute Gasteiger partial charge is 0.413 e. The van der Waals surface area contributed by atoms with E-state index >= 15 is 0 Å². The number of rotatable bonds is 8. The van der Waals surface area contributed by atoms with Gasteiger partial charge in [0.2, 0.25) is 0 Å². The maximum Gasteiger partial charge on any atom is 0.413 e. The van der Waals surface area contributed by atoms with Gasteiger partial charge in [-0.1, -0.05) is 22.9 Å². The molecule has 176 valence electrons. The summed E-state index contributed by atoms with van der Waals surface area (Å²) in [4.78, 5) is 20.7. The number of amides is 1. The molecule has 3 N–H and O–H groups in total. The van der Waals surface area contributed by atoms with Crippen LogP contribution in [0.3, 0.4) is 0 Å². The van der Waals surface area contributed by atoms with Crippen LogP contribution in [0, 0.1) is 0 Å². The minimum absolute atomic E-state index is 0.240. The van der Waals surface area contributed by atoms with Gasteiger partial charge in [-0.2, -0.15) is 13.1 Å². The van der Waals surface area contributed by atoms with E-state index in [-0.39, 0.29) is 28.4 Å². The summed E-state index contributed by atoms with van der Waals surface area (Å²) < 4.78 is 35.5. The van der Waals surface area contributed by atoms with Gasteiger partial charge in [-0.3, -0.25) is 15.0 Å². The van der Waals surface area contributed by atoms with Crippen LogP contribution in [0.4, 0.5) is 16.3 Å². The Hall–Kier alpha value is -3.29. The van der Waals surface area contributed by atoms with Crippen molar-refractivity contribution in [2.45, 2.75) is 32.9 Å². The number of hydrogen-bond donors (Lipinski definition) is 3. The summed E-state index contributed by atoms with van der Waals surface area (Å²) in [6, 6.07) is 6.20. The van der Waals surface area contributed by atoms with Crippen LogP contribution in [0.1, 0.15) is 32.4 Å². The third-order valence-corrected chi connectivity index (χ3v) is 5.81. The Labute approximate surface area is 195 Å². The Morgan fingerprint density at radius 3 is 2.58 bits per heavy atom. The lowest BCUT2D eigenvalue weighted by atomic mass is 10.2. The third kappa shape index (κ3) is 6.37. The lowest BCUT2D eigenvalue weighted by molar-refractivity contribution is 0.121. The Kier molecular flexibility index (Phi) is 7.46. The van der Waals surface area contributed by atoms with Gasteiger partial charge in [0, 0.05) is 24.8 Å². The highest BCUT2D eigenvalue weighted by Crippen LogP contribution is 2.26. The zero-order valence-corrected chi connectivity index (χ0v) is 19.8. The van der Waals surface area contributed by atoms with Crippen LogP contribution < -0.4 is 14.8 Å². The average Bonchev–Trinajstić information content (AvgIpc) is 3.07. The Morgan fingerprint density at radius 2 is 1.94 bits per heavy atom. The summed E-state index contributed by atoms with van der Waals surface area (Å²) in [5.74, 6) is 0.242. The summed E-state index contributed by atoms with van der Waals surface area (Å²) in [5, 5.41) is 10.8. The van der Waals surface area contributed by atoms with E-state index in [0.717, 1.165) is 0 Å². The number of nitrogens with one attached hydrogen (secondary N) is 3. The SMILES string of the molecule is CC(C)NS(=O)(=O)Nc1ccc(-c2nnn(C)c2NC(=O)O[C@H](C)c2cccnc2Cl)nc1. The highest BCUT2D eigenvalue weighted by Gasteiger charge is 2.20. The van der Waals surface area contributed by atoms with E-state index in [1.807, 2.05) is 0 Å². The van der Waals surface area contributed by atoms with Crippen LogP contribution in [-0.4, -0.2) is 45.5 Å². The summed E-state index contributed by atoms with van der Waals surface area (Å²) in [6.45, 7) is 5.08. The van der Waals surface area contributed by atoms with Crippen molar-refractivity contribution < 1.29 is 17.9 Å². The van der Waals surface area contributed by atoms with Crippen molar-refractivity contribution >= 4 is 39.4 Å². The molecule has 0 radical (unpaired) electrons. The van der Waals surface area contributed by atoms with Crippen molar-refractivity contribution in [3.63, 3.8) is 0 Å². The van der Waals surface area contributed by atoms with Gasteiger partial charge < -0.3 is 4.74 Å². The molecule has 3 aromatic rings. The molecule has 12 nitrogen and oxygen atoms in total. The number of halogens is 1. The maximum absolute atomic E-state index is 12.5. The molecule has 3 aromatic heterocycles. The number of anilines is 2. The monoisotopic (exact) mass is 494 g/mol. The molecule has 0 saturated carbocycles. The molecule has 14 heteroatoms. The lowest BCUT2D eigenvalue weighted by Crippen LogP contribution is -2.35. The first-order chi connectivity index (χ1) is 15.6. The molecule has 0 aliphatic rings. The van der Waals surface area contributed by atoms with E-state index in [9.17, 15) is 13.2 Å². The number of carbonyl (C=O) groups is 1. The van der Waals surface area contributed by atoms with Gasteiger partial charge in [-0.15, -0.1) is 5.10 Å². The molecule has 0 aliphatic heterocycles. The summed E-state index contributed by atoms with van der Waals surface area (Å²) >= 11 is 6.05. The molecule has 0 fully saturated rings. The predicted molar refractivity (Wildman–Crippen MR) is 123 cm³/mol. The summed E-state index contributed by atoms with van der Waals surface area (Å²) in [6.07, 6.45) is 1.47. The molecule has 0 saturated heterocycles. The standard InChI is InChI=1S/C19H23ClN8O4S/c1-11(2)25-33(30,31)26-13-7-8-15(22-10-13)16-18(28(4)27-24-16)23-19(29)32-12(3)14-6-5-9-21-17(14)20/h5-12,25-26H,1-4H3,(H,23,29)/t12-/m1/s1. The second kappa shape index (κ2) is 10.1. The zero-order chi connectivity index (χ0) is 24.2. The molecule has 0 spiro atoms. The van der Waals surface area contributed by atoms with Crippen LogP contribution in [-0.2, 0) is 22.0 Å². The molecule has 3 rings (SSSR count). The number of aromatic nitrogens is 5. The van der Waals surface area contributed by atoms with Crippen LogP contribution in [0.2, 0.25) is 5.15 Å². The molecule has 33 heavy (non-hydrogen) atoms. The van der Waals surface area contributed by atoms with Crippen LogP contribution >= 0.6 is 11.6 Å². The highest BCUT2D eigenvalue weighted by atomic mass is 35.5. The second-order valence-corrected chi connectivity index (χ2v) is 9.08. The van der Waals surface area contributed by atoms with Crippen molar-refractivity contribution in [3.8, 4) is 11.4 Å². The van der Waals surface area contributed by atoms with E-state index in [1.165, 1.54) is 23.1 Å². The quantitative estimate of drug-likeness (QED) is 0.404. The number of aryl methyl sites for hydroxylation is 1. The Bertz CT molecular complexity index is 1230. The van der Waals surface area contributed by atoms with Gasteiger partial charge >= 0.3 is 6.09 Å². The second-order valence-electron chi connectivity index (χ2n) is 7.28. The topological polar surface area (TPSA) is 153 Å². The van der Waals surface area contributed by atoms with Crippen LogP contribution in [0.5, 0.6) is 0 Å². The normalized spacial score (nSPS) is 12.4. The van der Waals surface area contributed by atoms with E-state index in [4.69, 9.17) is 16.3 Å². The molecule has 0 aliphatic carbocycles. The fourth-order valence-electron chi connectivity index (χ4n) is 2.81. The van der Waals surface area contributed by atoms with Gasteiger partial charge in [0.1, 0.15) is 11.3 Å². The maximum atomic E-state index is 12.5. The van der Waals surface area contributed by atoms with Gasteiger partial charge in [0.25, 0.3) is 10.2 Å². The summed E-state index contributed by atoms with van der Waals surface area (Å²) in [7, 11) is -2.14. The van der Waals surface area contributed by atoms with Crippen LogP contribution in [0.15, 0.2) is 36.7 Å². The van der Waals surface area contributed by atoms with E-state index in [2.05, 4.69) is 35.0 Å². The van der Waals surface area contributed by atoms with Crippen molar-refractivity contribution in [2.24, 2.45) is 7.05 Å². The van der Waals surface area contributed by atoms with Crippen molar-refractivity contribution in [1.29, 1.82) is 0 Å². The van der Waals surface area contributed by atoms with E-state index in [0.29, 0.717) is 11.3 Å². The lowest BCUT2D eigenvalue weighted by Gasteiger charge is -2.15. The predicted octanol–water partition coefficient (Wildman–Crippen LogP) is 2.89. The molecule has 1 amide bonds. The molecule has 0 unspecified atom stereocenters. The molecule has 0 bridgehead atoms. The Morgan fingerprint density at radius 1 is 1.18 bits per heavy atom. The van der Waals surface area contributed by atoms with Crippen molar-refractivity contribution in [3.05, 3.63) is 47.4 Å². The van der Waals surface area contributed by atoms with Crippen LogP contribution in [0.25, 0.3) is 11.4 Å². The van der Waals surface area contributed by atoms with Gasteiger partial charge in [-0.05, 0) is 39.0 Å².